The van der Waals surface area contributed by atoms with Crippen LogP contribution in [0.5, 0.6) is 0 Å². The minimum absolute atomic E-state index is 0.239. The molecule has 2 atom stereocenters. The summed E-state index contributed by atoms with van der Waals surface area (Å²) in [6.45, 7) is 1.88. The van der Waals surface area contributed by atoms with E-state index in [1.165, 1.54) is 43.9 Å². The van der Waals surface area contributed by atoms with E-state index in [9.17, 15) is 4.79 Å². The number of carbonyl (C=O) groups is 1. The summed E-state index contributed by atoms with van der Waals surface area (Å²) in [5, 5.41) is 9.37. The Bertz CT molecular complexity index is 760. The third-order valence-corrected chi connectivity index (χ3v) is 6.84. The lowest BCUT2D eigenvalue weighted by molar-refractivity contribution is -0.131. The molecule has 1 saturated heterocycles. The fourth-order valence-corrected chi connectivity index (χ4v) is 5.14. The van der Waals surface area contributed by atoms with E-state index in [0.29, 0.717) is 5.75 Å². The summed E-state index contributed by atoms with van der Waals surface area (Å²) in [6, 6.07) is 10.0. The number of thioether (sulfide) groups is 1. The highest BCUT2D eigenvalue weighted by Gasteiger charge is 2.32. The highest BCUT2D eigenvalue weighted by molar-refractivity contribution is 7.99. The molecule has 5 nitrogen and oxygen atoms in total. The largest absolute Gasteiger partial charge is 0.342 e. The number of likely N-dealkylation sites (tertiary alicyclic amines) is 1. The Balaban J connectivity index is 1.36. The van der Waals surface area contributed by atoms with E-state index in [0.717, 1.165) is 41.5 Å². The van der Waals surface area contributed by atoms with Crippen LogP contribution in [0.4, 0.5) is 0 Å². The minimum atomic E-state index is 0.239. The van der Waals surface area contributed by atoms with Gasteiger partial charge in [0.05, 0.1) is 5.75 Å². The van der Waals surface area contributed by atoms with Crippen LogP contribution in [-0.4, -0.2) is 44.4 Å². The van der Waals surface area contributed by atoms with Gasteiger partial charge >= 0.3 is 0 Å². The topological polar surface area (TPSA) is 51.0 Å². The quantitative estimate of drug-likeness (QED) is 0.772. The predicted molar refractivity (Wildman–Crippen MR) is 104 cm³/mol. The van der Waals surface area contributed by atoms with Crippen molar-refractivity contribution >= 4 is 17.7 Å². The molecule has 1 saturated carbocycles. The van der Waals surface area contributed by atoms with Crippen molar-refractivity contribution in [3.63, 3.8) is 0 Å². The lowest BCUT2D eigenvalue weighted by Gasteiger charge is -2.41. The predicted octanol–water partition coefficient (Wildman–Crippen LogP) is 3.61. The van der Waals surface area contributed by atoms with Crippen LogP contribution in [0.25, 0.3) is 11.4 Å². The number of carbonyl (C=O) groups excluding carboxylic acids is 1. The number of rotatable bonds is 4. The number of hydrogen-bond donors (Lipinski definition) is 0. The van der Waals surface area contributed by atoms with Gasteiger partial charge in [0.1, 0.15) is 0 Å². The summed E-state index contributed by atoms with van der Waals surface area (Å²) in [4.78, 5) is 14.8. The van der Waals surface area contributed by atoms with Gasteiger partial charge in [0.2, 0.25) is 5.91 Å². The van der Waals surface area contributed by atoms with Crippen LogP contribution in [0.2, 0.25) is 0 Å². The Morgan fingerprint density at radius 2 is 1.88 bits per heavy atom. The molecule has 1 amide bonds. The van der Waals surface area contributed by atoms with Gasteiger partial charge in [0.15, 0.2) is 11.0 Å². The number of hydrogen-bond acceptors (Lipinski definition) is 4. The zero-order chi connectivity index (χ0) is 17.9. The van der Waals surface area contributed by atoms with Crippen molar-refractivity contribution in [1.82, 2.24) is 19.7 Å². The Morgan fingerprint density at radius 1 is 1.12 bits per heavy atom. The average Bonchev–Trinajstić information content (AvgIpc) is 3.07. The monoisotopic (exact) mass is 370 g/mol. The van der Waals surface area contributed by atoms with Crippen molar-refractivity contribution in [3.8, 4) is 11.4 Å². The molecule has 0 N–H and O–H groups in total. The molecular formula is C20H26N4OS. The SMILES string of the molecule is Cn1c(SCC(=O)N2CC[C@@H]3CCCC[C@H]3C2)nnc1-c1ccccc1. The van der Waals surface area contributed by atoms with E-state index in [-0.39, 0.29) is 5.91 Å². The molecule has 0 unspecified atom stereocenters. The normalized spacial score (nSPS) is 22.9. The van der Waals surface area contributed by atoms with Crippen molar-refractivity contribution in [3.05, 3.63) is 30.3 Å². The fraction of sp³-hybridized carbons (Fsp3) is 0.550. The lowest BCUT2D eigenvalue weighted by Crippen LogP contribution is -2.45. The molecule has 0 radical (unpaired) electrons. The molecule has 4 rings (SSSR count). The maximum absolute atomic E-state index is 12.7. The van der Waals surface area contributed by atoms with Gasteiger partial charge in [0, 0.05) is 25.7 Å². The molecular weight excluding hydrogens is 344 g/mol. The van der Waals surface area contributed by atoms with Crippen LogP contribution in [0.15, 0.2) is 35.5 Å². The summed E-state index contributed by atoms with van der Waals surface area (Å²) in [5.74, 6) is 3.10. The Hall–Kier alpha value is -1.82. The Kier molecular flexibility index (Phi) is 5.29. The van der Waals surface area contributed by atoms with Crippen molar-refractivity contribution in [2.75, 3.05) is 18.8 Å². The molecule has 138 valence electrons. The van der Waals surface area contributed by atoms with E-state index >= 15 is 0 Å². The van der Waals surface area contributed by atoms with Gasteiger partial charge in [0.25, 0.3) is 0 Å². The van der Waals surface area contributed by atoms with Crippen molar-refractivity contribution in [2.24, 2.45) is 18.9 Å². The Morgan fingerprint density at radius 3 is 2.69 bits per heavy atom. The maximum Gasteiger partial charge on any atom is 0.233 e. The number of piperidine rings is 1. The maximum atomic E-state index is 12.7. The second kappa shape index (κ2) is 7.82. The van der Waals surface area contributed by atoms with Crippen LogP contribution in [0.1, 0.15) is 32.1 Å². The molecule has 1 aliphatic carbocycles. The van der Waals surface area contributed by atoms with Crippen LogP contribution < -0.4 is 0 Å². The number of aromatic nitrogens is 3. The van der Waals surface area contributed by atoms with E-state index in [1.54, 1.807) is 0 Å². The van der Waals surface area contributed by atoms with Crippen molar-refractivity contribution in [2.45, 2.75) is 37.3 Å². The van der Waals surface area contributed by atoms with Crippen molar-refractivity contribution < 1.29 is 4.79 Å². The molecule has 6 heteroatoms. The summed E-state index contributed by atoms with van der Waals surface area (Å²) < 4.78 is 1.97. The lowest BCUT2D eigenvalue weighted by atomic mass is 9.75. The fourth-order valence-electron chi connectivity index (χ4n) is 4.32. The molecule has 2 heterocycles. The molecule has 26 heavy (non-hydrogen) atoms. The minimum Gasteiger partial charge on any atom is -0.342 e. The number of amides is 1. The summed E-state index contributed by atoms with van der Waals surface area (Å²) in [7, 11) is 1.96. The highest BCUT2D eigenvalue weighted by atomic mass is 32.2. The van der Waals surface area contributed by atoms with Crippen LogP contribution in [0.3, 0.4) is 0 Å². The molecule has 2 aromatic rings. The van der Waals surface area contributed by atoms with Gasteiger partial charge in [-0.05, 0) is 24.7 Å². The molecule has 1 aliphatic heterocycles. The van der Waals surface area contributed by atoms with Gasteiger partial charge in [-0.3, -0.25) is 4.79 Å². The first-order valence-corrected chi connectivity index (χ1v) is 10.6. The molecule has 0 spiro atoms. The average molecular weight is 371 g/mol. The van der Waals surface area contributed by atoms with Gasteiger partial charge in [-0.25, -0.2) is 0 Å². The zero-order valence-electron chi connectivity index (χ0n) is 15.3. The third-order valence-electron chi connectivity index (χ3n) is 5.84. The third kappa shape index (κ3) is 3.65. The van der Waals surface area contributed by atoms with Gasteiger partial charge < -0.3 is 9.47 Å². The van der Waals surface area contributed by atoms with Crippen LogP contribution in [0, 0.1) is 11.8 Å². The van der Waals surface area contributed by atoms with E-state index in [2.05, 4.69) is 15.1 Å². The van der Waals surface area contributed by atoms with Crippen LogP contribution in [-0.2, 0) is 11.8 Å². The molecule has 2 aliphatic rings. The first-order chi connectivity index (χ1) is 12.7. The second-order valence-electron chi connectivity index (χ2n) is 7.45. The first-order valence-electron chi connectivity index (χ1n) is 9.58. The van der Waals surface area contributed by atoms with E-state index in [4.69, 9.17) is 0 Å². The summed E-state index contributed by atoms with van der Waals surface area (Å²) >= 11 is 1.49. The van der Waals surface area contributed by atoms with E-state index in [1.807, 2.05) is 41.9 Å². The number of fused-ring (bicyclic) bond motifs is 1. The first kappa shape index (κ1) is 17.6. The van der Waals surface area contributed by atoms with Crippen molar-refractivity contribution in [1.29, 1.82) is 0 Å². The van der Waals surface area contributed by atoms with Crippen LogP contribution >= 0.6 is 11.8 Å². The number of nitrogens with zero attached hydrogens (tertiary/aromatic N) is 4. The molecule has 2 fully saturated rings. The second-order valence-corrected chi connectivity index (χ2v) is 8.40. The number of benzene rings is 1. The zero-order valence-corrected chi connectivity index (χ0v) is 16.1. The molecule has 0 bridgehead atoms. The summed E-state index contributed by atoms with van der Waals surface area (Å²) in [5.41, 5.74) is 1.04. The Labute approximate surface area is 159 Å². The van der Waals surface area contributed by atoms with Gasteiger partial charge in [-0.1, -0.05) is 61.4 Å². The van der Waals surface area contributed by atoms with E-state index < -0.39 is 0 Å². The standard InChI is InChI=1S/C20H26N4OS/c1-23-19(16-8-3-2-4-9-16)21-22-20(23)26-14-18(25)24-12-11-15-7-5-6-10-17(15)13-24/h2-4,8-9,15,17H,5-7,10-14H2,1H3/t15-,17-/m0/s1. The van der Waals surface area contributed by atoms with Gasteiger partial charge in [-0.2, -0.15) is 0 Å². The molecule has 1 aromatic heterocycles. The smallest absolute Gasteiger partial charge is 0.233 e. The highest BCUT2D eigenvalue weighted by Crippen LogP contribution is 2.36. The van der Waals surface area contributed by atoms with Gasteiger partial charge in [-0.15, -0.1) is 10.2 Å². The molecule has 1 aromatic carbocycles. The summed E-state index contributed by atoms with van der Waals surface area (Å²) in [6.07, 6.45) is 6.55.